The fourth-order valence-corrected chi connectivity index (χ4v) is 3.04. The van der Waals surface area contributed by atoms with E-state index in [1.165, 1.54) is 0 Å². The number of hydrogen-bond donors (Lipinski definition) is 1. The molecule has 0 unspecified atom stereocenters. The highest BCUT2D eigenvalue weighted by molar-refractivity contribution is 6.33. The zero-order valence-electron chi connectivity index (χ0n) is 12.4. The number of β-amino-alcohol motifs (C(OH)–C–C–N with tert-alkyl or cyclic N) is 1. The Morgan fingerprint density at radius 1 is 1.21 bits per heavy atom. The van der Waals surface area contributed by atoms with Gasteiger partial charge < -0.3 is 10.0 Å². The molecule has 0 spiro atoms. The maximum absolute atomic E-state index is 12.7. The van der Waals surface area contributed by atoms with Gasteiger partial charge >= 0.3 is 6.18 Å². The van der Waals surface area contributed by atoms with E-state index in [-0.39, 0.29) is 23.3 Å². The van der Waals surface area contributed by atoms with E-state index in [1.807, 2.05) is 0 Å². The number of anilines is 1. The Kier molecular flexibility index (Phi) is 4.60. The lowest BCUT2D eigenvalue weighted by Gasteiger charge is -2.19. The molecule has 1 saturated heterocycles. The van der Waals surface area contributed by atoms with E-state index in [2.05, 4.69) is 15.0 Å². The fraction of sp³-hybridized carbons (Fsp3) is 0.400. The summed E-state index contributed by atoms with van der Waals surface area (Å²) < 4.78 is 38.0. The molecule has 0 radical (unpaired) electrons. The summed E-state index contributed by atoms with van der Waals surface area (Å²) in [5.74, 6) is 0.118. The molecule has 0 amide bonds. The Hall–Kier alpha value is -1.93. The molecule has 0 aliphatic carbocycles. The van der Waals surface area contributed by atoms with Crippen LogP contribution >= 0.6 is 11.6 Å². The van der Waals surface area contributed by atoms with Crippen LogP contribution in [0.5, 0.6) is 0 Å². The van der Waals surface area contributed by atoms with Gasteiger partial charge in [0, 0.05) is 43.8 Å². The van der Waals surface area contributed by atoms with Gasteiger partial charge in [-0.25, -0.2) is 4.98 Å². The number of aliphatic hydroxyl groups is 1. The molecule has 3 heterocycles. The Balaban J connectivity index is 1.75. The van der Waals surface area contributed by atoms with Crippen molar-refractivity contribution >= 4 is 17.4 Å². The number of nitrogens with zero attached hydrogens (tertiary/aromatic N) is 4. The summed E-state index contributed by atoms with van der Waals surface area (Å²) in [6, 6.07) is 0.853. The van der Waals surface area contributed by atoms with Crippen LogP contribution in [-0.2, 0) is 12.6 Å². The topological polar surface area (TPSA) is 62.1 Å². The van der Waals surface area contributed by atoms with Gasteiger partial charge in [0.2, 0.25) is 0 Å². The van der Waals surface area contributed by atoms with E-state index >= 15 is 0 Å². The number of pyridine rings is 1. The molecule has 2 aromatic rings. The van der Waals surface area contributed by atoms with E-state index in [0.717, 1.165) is 18.0 Å². The van der Waals surface area contributed by atoms with Crippen molar-refractivity contribution in [1.29, 1.82) is 0 Å². The first-order chi connectivity index (χ1) is 11.3. The largest absolute Gasteiger partial charge is 0.417 e. The van der Waals surface area contributed by atoms with Crippen molar-refractivity contribution in [2.75, 3.05) is 18.0 Å². The highest BCUT2D eigenvalue weighted by atomic mass is 35.5. The number of halogens is 4. The van der Waals surface area contributed by atoms with E-state index in [1.54, 1.807) is 23.5 Å². The molecule has 2 atom stereocenters. The van der Waals surface area contributed by atoms with Crippen LogP contribution in [0, 0.1) is 5.92 Å². The lowest BCUT2D eigenvalue weighted by Crippen LogP contribution is -2.23. The van der Waals surface area contributed by atoms with E-state index < -0.39 is 17.8 Å². The van der Waals surface area contributed by atoms with Gasteiger partial charge in [0.25, 0.3) is 0 Å². The third-order valence-electron chi connectivity index (χ3n) is 3.94. The zero-order valence-corrected chi connectivity index (χ0v) is 13.2. The first-order valence-electron chi connectivity index (χ1n) is 7.25. The van der Waals surface area contributed by atoms with Gasteiger partial charge in [-0.15, -0.1) is 0 Å². The third-order valence-corrected chi connectivity index (χ3v) is 4.22. The number of rotatable bonds is 3. The van der Waals surface area contributed by atoms with Crippen LogP contribution in [0.15, 0.2) is 30.9 Å². The average Bonchev–Trinajstić information content (AvgIpc) is 2.88. The monoisotopic (exact) mass is 358 g/mol. The Labute approximate surface area is 141 Å². The van der Waals surface area contributed by atoms with Gasteiger partial charge in [0.15, 0.2) is 0 Å². The molecular weight excluding hydrogens is 345 g/mol. The average molecular weight is 359 g/mol. The maximum atomic E-state index is 12.7. The number of aliphatic hydroxyl groups excluding tert-OH is 1. The molecule has 128 valence electrons. The van der Waals surface area contributed by atoms with Crippen LogP contribution in [0.3, 0.4) is 0 Å². The normalized spacial score (nSPS) is 21.3. The maximum Gasteiger partial charge on any atom is 0.417 e. The smallest absolute Gasteiger partial charge is 0.391 e. The Morgan fingerprint density at radius 2 is 2.00 bits per heavy atom. The van der Waals surface area contributed by atoms with Gasteiger partial charge in [0.1, 0.15) is 5.82 Å². The summed E-state index contributed by atoms with van der Waals surface area (Å²) in [6.07, 6.45) is 0.891. The van der Waals surface area contributed by atoms with Crippen molar-refractivity contribution in [3.05, 3.63) is 47.1 Å². The van der Waals surface area contributed by atoms with Crippen LogP contribution in [0.1, 0.15) is 11.3 Å². The third kappa shape index (κ3) is 3.59. The van der Waals surface area contributed by atoms with Crippen molar-refractivity contribution < 1.29 is 18.3 Å². The second kappa shape index (κ2) is 6.52. The predicted molar refractivity (Wildman–Crippen MR) is 81.7 cm³/mol. The highest BCUT2D eigenvalue weighted by Crippen LogP contribution is 2.35. The van der Waals surface area contributed by atoms with Gasteiger partial charge in [0.05, 0.1) is 22.4 Å². The molecule has 9 heteroatoms. The molecule has 5 nitrogen and oxygen atoms in total. The van der Waals surface area contributed by atoms with Gasteiger partial charge in [-0.1, -0.05) is 11.6 Å². The van der Waals surface area contributed by atoms with E-state index in [4.69, 9.17) is 11.6 Å². The molecule has 1 fully saturated rings. The standard InChI is InChI=1S/C15H14ClF3N4O/c16-12-4-10(15(17,18)19)5-22-14(12)23-7-9(13(24)8-23)3-11-6-20-1-2-21-11/h1-2,4-6,9,13,24H,3,7-8H2/t9-,13-/m1/s1. The highest BCUT2D eigenvalue weighted by Gasteiger charge is 2.35. The van der Waals surface area contributed by atoms with Crippen LogP contribution < -0.4 is 4.90 Å². The summed E-state index contributed by atoms with van der Waals surface area (Å²) in [7, 11) is 0. The zero-order chi connectivity index (χ0) is 17.3. The Bertz CT molecular complexity index is 714. The molecule has 1 aliphatic heterocycles. The second-order valence-corrected chi connectivity index (χ2v) is 6.07. The van der Waals surface area contributed by atoms with Gasteiger partial charge in [-0.05, 0) is 12.5 Å². The van der Waals surface area contributed by atoms with Crippen molar-refractivity contribution in [1.82, 2.24) is 15.0 Å². The molecule has 1 aliphatic rings. The van der Waals surface area contributed by atoms with Crippen LogP contribution in [-0.4, -0.2) is 39.3 Å². The SMILES string of the molecule is O[C@@H]1CN(c2ncc(C(F)(F)F)cc2Cl)C[C@H]1Cc1cnccn1. The number of aromatic nitrogens is 3. The van der Waals surface area contributed by atoms with E-state index in [9.17, 15) is 18.3 Å². The van der Waals surface area contributed by atoms with Crippen LogP contribution in [0.2, 0.25) is 5.02 Å². The minimum atomic E-state index is -4.49. The lowest BCUT2D eigenvalue weighted by molar-refractivity contribution is -0.137. The van der Waals surface area contributed by atoms with Crippen molar-refractivity contribution in [2.24, 2.45) is 5.92 Å². The first kappa shape index (κ1) is 16.9. The Morgan fingerprint density at radius 3 is 2.62 bits per heavy atom. The molecule has 0 bridgehead atoms. The molecule has 3 rings (SSSR count). The van der Waals surface area contributed by atoms with Crippen LogP contribution in [0.25, 0.3) is 0 Å². The van der Waals surface area contributed by atoms with Crippen molar-refractivity contribution in [3.8, 4) is 0 Å². The molecule has 0 saturated carbocycles. The summed E-state index contributed by atoms with van der Waals surface area (Å²) in [4.78, 5) is 13.7. The van der Waals surface area contributed by atoms with E-state index in [0.29, 0.717) is 13.0 Å². The van der Waals surface area contributed by atoms with Gasteiger partial charge in [-0.2, -0.15) is 13.2 Å². The molecule has 2 aromatic heterocycles. The quantitative estimate of drug-likeness (QED) is 0.913. The number of hydrogen-bond acceptors (Lipinski definition) is 5. The molecule has 0 aromatic carbocycles. The van der Waals surface area contributed by atoms with Crippen molar-refractivity contribution in [2.45, 2.75) is 18.7 Å². The number of alkyl halides is 3. The summed E-state index contributed by atoms with van der Waals surface area (Å²) in [6.45, 7) is 0.679. The van der Waals surface area contributed by atoms with Crippen LogP contribution in [0.4, 0.5) is 19.0 Å². The summed E-state index contributed by atoms with van der Waals surface area (Å²) in [5.41, 5.74) is -0.151. The minimum absolute atomic E-state index is 0.0859. The fourth-order valence-electron chi connectivity index (χ4n) is 2.75. The molecular formula is C15H14ClF3N4O. The lowest BCUT2D eigenvalue weighted by atomic mass is 10.0. The summed E-state index contributed by atoms with van der Waals surface area (Å²) in [5, 5.41) is 10.1. The van der Waals surface area contributed by atoms with Crippen molar-refractivity contribution in [3.63, 3.8) is 0 Å². The molecule has 1 N–H and O–H groups in total. The minimum Gasteiger partial charge on any atom is -0.391 e. The first-order valence-corrected chi connectivity index (χ1v) is 7.63. The van der Waals surface area contributed by atoms with Gasteiger partial charge in [-0.3, -0.25) is 9.97 Å². The predicted octanol–water partition coefficient (Wildman–Crippen LogP) is 2.58. The summed E-state index contributed by atoms with van der Waals surface area (Å²) >= 11 is 5.96. The molecule has 24 heavy (non-hydrogen) atoms. The second-order valence-electron chi connectivity index (χ2n) is 5.66.